The highest BCUT2D eigenvalue weighted by molar-refractivity contribution is 9.11. The molecule has 6 nitrogen and oxygen atoms in total. The number of amides is 1. The van der Waals surface area contributed by atoms with Gasteiger partial charge in [-0.2, -0.15) is 5.26 Å². The summed E-state index contributed by atoms with van der Waals surface area (Å²) in [7, 11) is 0. The van der Waals surface area contributed by atoms with Crippen molar-refractivity contribution < 1.29 is 19.4 Å². The van der Waals surface area contributed by atoms with Crippen LogP contribution in [-0.4, -0.2) is 17.0 Å². The van der Waals surface area contributed by atoms with E-state index in [9.17, 15) is 14.9 Å². The minimum atomic E-state index is -0.985. The Labute approximate surface area is 214 Å². The Hall–Kier alpha value is -3.41. The number of halogens is 2. The maximum absolute atomic E-state index is 12.6. The van der Waals surface area contributed by atoms with Crippen LogP contribution >= 0.6 is 31.9 Å². The summed E-state index contributed by atoms with van der Waals surface area (Å²) in [5, 5.41) is 21.3. The fraction of sp³-hybridized carbons (Fsp3) is 0.115. The predicted octanol–water partition coefficient (Wildman–Crippen LogP) is 6.65. The van der Waals surface area contributed by atoms with E-state index in [4.69, 9.17) is 9.84 Å². The van der Waals surface area contributed by atoms with Gasteiger partial charge in [-0.3, -0.25) is 4.79 Å². The lowest BCUT2D eigenvalue weighted by Gasteiger charge is -2.12. The molecule has 0 saturated carbocycles. The summed E-state index contributed by atoms with van der Waals surface area (Å²) in [6.07, 6.45) is 1.50. The molecule has 0 bridgehead atoms. The Kier molecular flexibility index (Phi) is 8.26. The molecule has 8 heteroatoms. The van der Waals surface area contributed by atoms with E-state index < -0.39 is 11.9 Å². The van der Waals surface area contributed by atoms with E-state index in [1.807, 2.05) is 32.0 Å². The molecule has 0 spiro atoms. The zero-order valence-corrected chi connectivity index (χ0v) is 21.5. The summed E-state index contributed by atoms with van der Waals surface area (Å²) in [5.74, 6) is -0.943. The summed E-state index contributed by atoms with van der Waals surface area (Å²) in [6, 6.07) is 17.4. The summed E-state index contributed by atoms with van der Waals surface area (Å²) in [5.41, 5.74) is 4.38. The average molecular weight is 584 g/mol. The van der Waals surface area contributed by atoms with Crippen LogP contribution in [0, 0.1) is 25.2 Å². The zero-order chi connectivity index (χ0) is 24.8. The van der Waals surface area contributed by atoms with Gasteiger partial charge in [-0.05, 0) is 110 Å². The number of carbonyl (C=O) groups is 2. The zero-order valence-electron chi connectivity index (χ0n) is 18.4. The maximum atomic E-state index is 12.6. The third-order valence-corrected chi connectivity index (χ3v) is 6.22. The number of nitriles is 1. The first-order chi connectivity index (χ1) is 16.2. The molecule has 1 amide bonds. The lowest BCUT2D eigenvalue weighted by Crippen LogP contribution is -2.13. The molecule has 0 heterocycles. The first-order valence-electron chi connectivity index (χ1n) is 10.1. The summed E-state index contributed by atoms with van der Waals surface area (Å²) in [4.78, 5) is 23.6. The number of carboxylic acids is 1. The van der Waals surface area contributed by atoms with Crippen LogP contribution in [-0.2, 0) is 11.4 Å². The Bertz CT molecular complexity index is 1300. The smallest absolute Gasteiger partial charge is 0.335 e. The van der Waals surface area contributed by atoms with Crippen LogP contribution in [0.15, 0.2) is 69.1 Å². The van der Waals surface area contributed by atoms with E-state index in [-0.39, 0.29) is 17.7 Å². The lowest BCUT2D eigenvalue weighted by molar-refractivity contribution is -0.112. The number of aryl methyl sites for hydroxylation is 2. The van der Waals surface area contributed by atoms with Crippen molar-refractivity contribution in [2.75, 3.05) is 5.32 Å². The van der Waals surface area contributed by atoms with Gasteiger partial charge < -0.3 is 15.2 Å². The largest absolute Gasteiger partial charge is 0.487 e. The van der Waals surface area contributed by atoms with Crippen LogP contribution in [0.5, 0.6) is 5.75 Å². The van der Waals surface area contributed by atoms with Crippen molar-refractivity contribution in [1.29, 1.82) is 5.26 Å². The fourth-order valence-electron chi connectivity index (χ4n) is 3.03. The average Bonchev–Trinajstić information content (AvgIpc) is 2.79. The third kappa shape index (κ3) is 6.34. The molecule has 2 N–H and O–H groups in total. The number of nitrogens with zero attached hydrogens (tertiary/aromatic N) is 1. The molecule has 3 aromatic rings. The van der Waals surface area contributed by atoms with Crippen molar-refractivity contribution in [2.24, 2.45) is 0 Å². The van der Waals surface area contributed by atoms with Gasteiger partial charge in [0.1, 0.15) is 24.0 Å². The van der Waals surface area contributed by atoms with Crippen molar-refractivity contribution in [2.45, 2.75) is 20.5 Å². The van der Waals surface area contributed by atoms with Gasteiger partial charge in [-0.25, -0.2) is 4.79 Å². The second-order valence-corrected chi connectivity index (χ2v) is 9.24. The number of ether oxygens (including phenoxy) is 1. The van der Waals surface area contributed by atoms with Gasteiger partial charge in [0.05, 0.1) is 14.5 Å². The summed E-state index contributed by atoms with van der Waals surface area (Å²) in [6.45, 7) is 4.17. The van der Waals surface area contributed by atoms with E-state index in [1.165, 1.54) is 18.2 Å². The SMILES string of the molecule is Cc1ccc(NC(=O)/C(C#N)=C/c2cc(Br)c(OCc3ccc(C(=O)O)cc3)c(Br)c2)cc1C. The molecule has 0 aliphatic heterocycles. The topological polar surface area (TPSA) is 99.4 Å². The van der Waals surface area contributed by atoms with Gasteiger partial charge >= 0.3 is 5.97 Å². The van der Waals surface area contributed by atoms with E-state index in [0.29, 0.717) is 25.9 Å². The molecular weight excluding hydrogens is 564 g/mol. The number of carbonyl (C=O) groups excluding carboxylic acids is 1. The van der Waals surface area contributed by atoms with Gasteiger partial charge in [0.2, 0.25) is 0 Å². The number of hydrogen-bond acceptors (Lipinski definition) is 4. The molecule has 172 valence electrons. The molecule has 0 aromatic heterocycles. The van der Waals surface area contributed by atoms with Crippen LogP contribution in [0.1, 0.15) is 32.6 Å². The Morgan fingerprint density at radius 1 is 1.03 bits per heavy atom. The molecule has 0 unspecified atom stereocenters. The minimum Gasteiger partial charge on any atom is -0.487 e. The van der Waals surface area contributed by atoms with Crippen molar-refractivity contribution in [3.63, 3.8) is 0 Å². The molecule has 0 aliphatic rings. The Morgan fingerprint density at radius 3 is 2.24 bits per heavy atom. The predicted molar refractivity (Wildman–Crippen MR) is 138 cm³/mol. The first kappa shape index (κ1) is 25.2. The second-order valence-electron chi connectivity index (χ2n) is 7.53. The Morgan fingerprint density at radius 2 is 1.68 bits per heavy atom. The number of rotatable bonds is 7. The van der Waals surface area contributed by atoms with Gasteiger partial charge in [0.25, 0.3) is 5.91 Å². The highest BCUT2D eigenvalue weighted by atomic mass is 79.9. The van der Waals surface area contributed by atoms with Crippen molar-refractivity contribution in [3.8, 4) is 11.8 Å². The van der Waals surface area contributed by atoms with Gasteiger partial charge in [0, 0.05) is 5.69 Å². The fourth-order valence-corrected chi connectivity index (χ4v) is 4.48. The van der Waals surface area contributed by atoms with Crippen LogP contribution in [0.25, 0.3) is 6.08 Å². The maximum Gasteiger partial charge on any atom is 0.335 e. The second kappa shape index (κ2) is 11.1. The van der Waals surface area contributed by atoms with Crippen molar-refractivity contribution >= 4 is 55.5 Å². The monoisotopic (exact) mass is 582 g/mol. The minimum absolute atomic E-state index is 0.0378. The third-order valence-electron chi connectivity index (χ3n) is 5.05. The van der Waals surface area contributed by atoms with E-state index in [0.717, 1.165) is 16.7 Å². The quantitative estimate of drug-likeness (QED) is 0.239. The number of nitrogens with one attached hydrogen (secondary N) is 1. The van der Waals surface area contributed by atoms with Gasteiger partial charge in [-0.15, -0.1) is 0 Å². The molecule has 0 radical (unpaired) electrons. The molecule has 3 aromatic carbocycles. The number of hydrogen-bond donors (Lipinski definition) is 2. The number of carboxylic acid groups (broad SMARTS) is 1. The molecule has 0 saturated heterocycles. The summed E-state index contributed by atoms with van der Waals surface area (Å²) < 4.78 is 7.14. The van der Waals surface area contributed by atoms with Crippen LogP contribution in [0.2, 0.25) is 0 Å². The molecule has 0 aliphatic carbocycles. The van der Waals surface area contributed by atoms with E-state index in [1.54, 1.807) is 30.3 Å². The van der Waals surface area contributed by atoms with E-state index >= 15 is 0 Å². The number of aromatic carboxylic acids is 1. The molecule has 3 rings (SSSR count). The normalized spacial score (nSPS) is 11.0. The first-order valence-corrected chi connectivity index (χ1v) is 11.7. The number of benzene rings is 3. The van der Waals surface area contributed by atoms with Crippen LogP contribution < -0.4 is 10.1 Å². The summed E-state index contributed by atoms with van der Waals surface area (Å²) >= 11 is 6.95. The Balaban J connectivity index is 1.75. The molecular formula is C26H20Br2N2O4. The van der Waals surface area contributed by atoms with Crippen molar-refractivity contribution in [1.82, 2.24) is 0 Å². The van der Waals surface area contributed by atoms with Crippen LogP contribution in [0.3, 0.4) is 0 Å². The number of anilines is 1. The lowest BCUT2D eigenvalue weighted by atomic mass is 10.1. The van der Waals surface area contributed by atoms with Crippen molar-refractivity contribution in [3.05, 3.63) is 96.9 Å². The van der Waals surface area contributed by atoms with E-state index in [2.05, 4.69) is 37.2 Å². The highest BCUT2D eigenvalue weighted by Gasteiger charge is 2.13. The highest BCUT2D eigenvalue weighted by Crippen LogP contribution is 2.36. The van der Waals surface area contributed by atoms with Gasteiger partial charge in [0.15, 0.2) is 0 Å². The molecule has 0 atom stereocenters. The molecule has 0 fully saturated rings. The van der Waals surface area contributed by atoms with Gasteiger partial charge in [-0.1, -0.05) is 18.2 Å². The standard InChI is InChI=1S/C26H20Br2N2O4/c1-15-3-8-21(9-16(15)2)30-25(31)20(13-29)10-18-11-22(27)24(23(28)12-18)34-14-17-4-6-19(7-5-17)26(32)33/h3-12H,14H2,1-2H3,(H,30,31)(H,32,33)/b20-10+. The van der Waals surface area contributed by atoms with Crippen LogP contribution in [0.4, 0.5) is 5.69 Å². The molecule has 34 heavy (non-hydrogen) atoms.